The van der Waals surface area contributed by atoms with Crippen LogP contribution in [-0.4, -0.2) is 19.7 Å². The number of aromatic amines is 1. The Morgan fingerprint density at radius 3 is 2.35 bits per heavy atom. The first-order chi connectivity index (χ1) is 9.43. The van der Waals surface area contributed by atoms with Gasteiger partial charge in [0.05, 0.1) is 4.90 Å². The molecule has 0 saturated carbocycles. The van der Waals surface area contributed by atoms with E-state index in [1.165, 1.54) is 18.4 Å². The zero-order valence-electron chi connectivity index (χ0n) is 10.7. The quantitative estimate of drug-likeness (QED) is 0.786. The fraction of sp³-hybridized carbons (Fsp3) is 0.0667. The molecule has 0 bridgehead atoms. The third-order valence-electron chi connectivity index (χ3n) is 3.18. The maximum Gasteiger partial charge on any atom is 0.175 e. The van der Waals surface area contributed by atoms with Crippen LogP contribution in [0.5, 0.6) is 0 Å². The van der Waals surface area contributed by atoms with Gasteiger partial charge in [0.25, 0.3) is 0 Å². The van der Waals surface area contributed by atoms with Gasteiger partial charge in [-0.15, -0.1) is 0 Å². The molecule has 3 aromatic rings. The topological polar surface area (TPSA) is 49.9 Å². The van der Waals surface area contributed by atoms with Crippen LogP contribution in [0.1, 0.15) is 0 Å². The first-order valence-corrected chi connectivity index (χ1v) is 7.91. The van der Waals surface area contributed by atoms with Crippen LogP contribution in [0.25, 0.3) is 22.2 Å². The third kappa shape index (κ3) is 2.32. The molecule has 3 rings (SSSR count). The largest absolute Gasteiger partial charge is 0.355 e. The smallest absolute Gasteiger partial charge is 0.175 e. The number of hydrogen-bond donors (Lipinski definition) is 1. The van der Waals surface area contributed by atoms with Crippen LogP contribution in [0.15, 0.2) is 53.4 Å². The molecular weight excluding hydrogens is 277 g/mol. The Labute approximate surface area is 116 Å². The Bertz CT molecular complexity index is 880. The molecule has 2 aromatic carbocycles. The Morgan fingerprint density at radius 1 is 1.00 bits per heavy atom. The molecule has 0 fully saturated rings. The fourth-order valence-corrected chi connectivity index (χ4v) is 2.77. The molecule has 102 valence electrons. The van der Waals surface area contributed by atoms with Crippen molar-refractivity contribution in [1.29, 1.82) is 0 Å². The molecule has 0 spiro atoms. The lowest BCUT2D eigenvalue weighted by Gasteiger charge is -2.00. The number of aromatic nitrogens is 1. The highest BCUT2D eigenvalue weighted by Gasteiger charge is 2.08. The van der Waals surface area contributed by atoms with Crippen LogP contribution in [-0.2, 0) is 9.84 Å². The molecule has 0 radical (unpaired) electrons. The van der Waals surface area contributed by atoms with E-state index in [1.807, 2.05) is 6.07 Å². The minimum absolute atomic E-state index is 0.281. The van der Waals surface area contributed by atoms with Crippen molar-refractivity contribution in [1.82, 2.24) is 4.98 Å². The van der Waals surface area contributed by atoms with Gasteiger partial charge in [0.15, 0.2) is 9.84 Å². The van der Waals surface area contributed by atoms with Gasteiger partial charge in [0.1, 0.15) is 5.82 Å². The van der Waals surface area contributed by atoms with E-state index in [4.69, 9.17) is 0 Å². The van der Waals surface area contributed by atoms with Gasteiger partial charge in [0, 0.05) is 22.9 Å². The summed E-state index contributed by atoms with van der Waals surface area (Å²) in [4.78, 5) is 3.46. The van der Waals surface area contributed by atoms with Gasteiger partial charge in [-0.25, -0.2) is 12.8 Å². The number of sulfone groups is 1. The summed E-state index contributed by atoms with van der Waals surface area (Å²) in [5.41, 5.74) is 2.52. The van der Waals surface area contributed by atoms with E-state index in [0.29, 0.717) is 0 Å². The minimum Gasteiger partial charge on any atom is -0.355 e. The predicted octanol–water partition coefficient (Wildman–Crippen LogP) is 3.38. The van der Waals surface area contributed by atoms with E-state index in [9.17, 15) is 12.8 Å². The molecule has 1 aromatic heterocycles. The van der Waals surface area contributed by atoms with Gasteiger partial charge in [-0.2, -0.15) is 0 Å². The lowest BCUT2D eigenvalue weighted by Crippen LogP contribution is -1.96. The average molecular weight is 289 g/mol. The van der Waals surface area contributed by atoms with Crippen LogP contribution in [0.3, 0.4) is 0 Å². The second kappa shape index (κ2) is 4.45. The van der Waals surface area contributed by atoms with Crippen molar-refractivity contribution in [3.63, 3.8) is 0 Å². The van der Waals surface area contributed by atoms with Gasteiger partial charge < -0.3 is 4.98 Å². The molecule has 0 saturated heterocycles. The van der Waals surface area contributed by atoms with Crippen molar-refractivity contribution in [2.75, 3.05) is 6.26 Å². The van der Waals surface area contributed by atoms with Crippen LogP contribution in [0.4, 0.5) is 4.39 Å². The number of rotatable bonds is 2. The first-order valence-electron chi connectivity index (χ1n) is 6.02. The van der Waals surface area contributed by atoms with E-state index in [-0.39, 0.29) is 10.7 Å². The molecule has 0 aliphatic rings. The molecule has 3 nitrogen and oxygen atoms in total. The van der Waals surface area contributed by atoms with E-state index >= 15 is 0 Å². The molecule has 0 aliphatic heterocycles. The van der Waals surface area contributed by atoms with Gasteiger partial charge >= 0.3 is 0 Å². The molecule has 1 heterocycles. The van der Waals surface area contributed by atoms with Crippen molar-refractivity contribution in [3.8, 4) is 11.3 Å². The van der Waals surface area contributed by atoms with Gasteiger partial charge in [-0.05, 0) is 42.0 Å². The third-order valence-corrected chi connectivity index (χ3v) is 4.30. The molecule has 0 unspecified atom stereocenters. The van der Waals surface area contributed by atoms with Crippen molar-refractivity contribution in [3.05, 3.63) is 54.3 Å². The van der Waals surface area contributed by atoms with E-state index in [1.54, 1.807) is 30.3 Å². The zero-order chi connectivity index (χ0) is 14.3. The standard InChI is InChI=1S/C15H12FNO2S/c1-20(18,19)13-5-2-10(3-6-13)15-9-11-8-12(16)4-7-14(11)17-15/h2-9,17H,1H3. The summed E-state index contributed by atoms with van der Waals surface area (Å²) in [5.74, 6) is -0.282. The Balaban J connectivity index is 2.07. The normalized spacial score (nSPS) is 11.9. The summed E-state index contributed by atoms with van der Waals surface area (Å²) in [6, 6.07) is 13.0. The number of halogens is 1. The number of hydrogen-bond acceptors (Lipinski definition) is 2. The van der Waals surface area contributed by atoms with Gasteiger partial charge in [-0.1, -0.05) is 12.1 Å². The fourth-order valence-electron chi connectivity index (χ4n) is 2.14. The summed E-state index contributed by atoms with van der Waals surface area (Å²) in [6.45, 7) is 0. The van der Waals surface area contributed by atoms with Crippen molar-refractivity contribution in [2.45, 2.75) is 4.90 Å². The van der Waals surface area contributed by atoms with Crippen LogP contribution in [0.2, 0.25) is 0 Å². The molecule has 0 aliphatic carbocycles. The maximum absolute atomic E-state index is 13.2. The highest BCUT2D eigenvalue weighted by atomic mass is 32.2. The van der Waals surface area contributed by atoms with Gasteiger partial charge in [-0.3, -0.25) is 0 Å². The lowest BCUT2D eigenvalue weighted by molar-refractivity contribution is 0.602. The second-order valence-corrected chi connectivity index (χ2v) is 6.73. The van der Waals surface area contributed by atoms with E-state index in [0.717, 1.165) is 22.2 Å². The number of fused-ring (bicyclic) bond motifs is 1. The molecular formula is C15H12FNO2S. The summed E-state index contributed by atoms with van der Waals surface area (Å²) in [6.07, 6.45) is 1.17. The molecule has 1 N–H and O–H groups in total. The van der Waals surface area contributed by atoms with Crippen LogP contribution >= 0.6 is 0 Å². The van der Waals surface area contributed by atoms with Crippen molar-refractivity contribution in [2.24, 2.45) is 0 Å². The first kappa shape index (κ1) is 12.9. The summed E-state index contributed by atoms with van der Waals surface area (Å²) in [5, 5.41) is 0.784. The summed E-state index contributed by atoms with van der Waals surface area (Å²) >= 11 is 0. The molecule has 0 amide bonds. The number of H-pyrrole nitrogens is 1. The minimum atomic E-state index is -3.19. The lowest BCUT2D eigenvalue weighted by atomic mass is 10.1. The monoisotopic (exact) mass is 289 g/mol. The van der Waals surface area contributed by atoms with Crippen molar-refractivity contribution >= 4 is 20.7 Å². The Hall–Kier alpha value is -2.14. The summed E-state index contributed by atoms with van der Waals surface area (Å²) < 4.78 is 36.0. The molecule has 5 heteroatoms. The molecule has 0 atom stereocenters. The Kier molecular flexibility index (Phi) is 2.87. The number of benzene rings is 2. The van der Waals surface area contributed by atoms with Crippen molar-refractivity contribution < 1.29 is 12.8 Å². The Morgan fingerprint density at radius 2 is 1.70 bits per heavy atom. The predicted molar refractivity (Wildman–Crippen MR) is 76.8 cm³/mol. The van der Waals surface area contributed by atoms with E-state index < -0.39 is 9.84 Å². The van der Waals surface area contributed by atoms with Gasteiger partial charge in [0.2, 0.25) is 0 Å². The van der Waals surface area contributed by atoms with Crippen LogP contribution < -0.4 is 0 Å². The summed E-state index contributed by atoms with van der Waals surface area (Å²) in [7, 11) is -3.19. The average Bonchev–Trinajstić information content (AvgIpc) is 2.80. The SMILES string of the molecule is CS(=O)(=O)c1ccc(-c2cc3cc(F)ccc3[nH]2)cc1. The second-order valence-electron chi connectivity index (χ2n) is 4.71. The molecule has 20 heavy (non-hydrogen) atoms. The van der Waals surface area contributed by atoms with E-state index in [2.05, 4.69) is 4.98 Å². The maximum atomic E-state index is 13.2. The highest BCUT2D eigenvalue weighted by molar-refractivity contribution is 7.90. The zero-order valence-corrected chi connectivity index (χ0v) is 11.5. The number of nitrogens with one attached hydrogen (secondary N) is 1. The highest BCUT2D eigenvalue weighted by Crippen LogP contribution is 2.25. The van der Waals surface area contributed by atoms with Crippen LogP contribution in [0, 0.1) is 5.82 Å².